The Morgan fingerprint density at radius 1 is 1.45 bits per heavy atom. The van der Waals surface area contributed by atoms with Crippen LogP contribution in [0.4, 0.5) is 0 Å². The molecule has 2 aromatic rings. The van der Waals surface area contributed by atoms with Crippen molar-refractivity contribution < 1.29 is 4.85 Å². The number of halogens is 1. The zero-order valence-electron chi connectivity index (χ0n) is 5.44. The van der Waals surface area contributed by atoms with E-state index in [1.54, 1.807) is 24.3 Å². The van der Waals surface area contributed by atoms with Crippen LogP contribution < -0.4 is 4.85 Å². The zero-order valence-corrected chi connectivity index (χ0v) is 6.19. The molecule has 4 nitrogen and oxygen atoms in total. The smallest absolute Gasteiger partial charge is 0.221 e. The lowest BCUT2D eigenvalue weighted by atomic mass is 10.3. The third-order valence-electron chi connectivity index (χ3n) is 1.45. The average molecular weight is 170 g/mol. The number of hydrogen-bond donors (Lipinski definition) is 0. The van der Waals surface area contributed by atoms with Gasteiger partial charge in [0, 0.05) is 0 Å². The highest BCUT2D eigenvalue weighted by Gasteiger charge is 2.10. The number of aromatic nitrogens is 3. The monoisotopic (exact) mass is 169 g/mol. The van der Waals surface area contributed by atoms with Crippen LogP contribution in [-0.2, 0) is 0 Å². The van der Waals surface area contributed by atoms with Gasteiger partial charge in [-0.1, -0.05) is 12.1 Å². The Morgan fingerprint density at radius 3 is 2.91 bits per heavy atom. The summed E-state index contributed by atoms with van der Waals surface area (Å²) >= 11 is 5.56. The minimum absolute atomic E-state index is 0.475. The summed E-state index contributed by atoms with van der Waals surface area (Å²) in [6, 6.07) is 6.94. The minimum Gasteiger partial charge on any atom is -0.691 e. The van der Waals surface area contributed by atoms with Crippen molar-refractivity contribution in [1.29, 1.82) is 0 Å². The first kappa shape index (κ1) is 6.42. The minimum atomic E-state index is 0.475. The molecule has 0 fully saturated rings. The highest BCUT2D eigenvalue weighted by atomic mass is 35.5. The van der Waals surface area contributed by atoms with Gasteiger partial charge in [-0.2, -0.15) is 0 Å². The van der Waals surface area contributed by atoms with Gasteiger partial charge in [0.2, 0.25) is 11.0 Å². The molecule has 0 spiro atoms. The van der Waals surface area contributed by atoms with Gasteiger partial charge in [0.15, 0.2) is 11.8 Å². The summed E-state index contributed by atoms with van der Waals surface area (Å²) in [6.07, 6.45) is 0. The molecule has 0 aliphatic carbocycles. The number of para-hydroxylation sites is 2. The molecule has 0 N–H and O–H groups in total. The fraction of sp³-hybridized carbons (Fsp3) is 0. The first-order valence-corrected chi connectivity index (χ1v) is 3.36. The Kier molecular flexibility index (Phi) is 1.22. The normalized spacial score (nSPS) is 10.6. The first-order valence-electron chi connectivity index (χ1n) is 3.03. The molecule has 1 aromatic heterocycles. The van der Waals surface area contributed by atoms with Crippen LogP contribution in [0.3, 0.4) is 0 Å². The summed E-state index contributed by atoms with van der Waals surface area (Å²) in [6.45, 7) is 0. The Hall–Kier alpha value is -1.29. The van der Waals surface area contributed by atoms with E-state index in [2.05, 4.69) is 5.21 Å². The molecule has 0 amide bonds. The van der Waals surface area contributed by atoms with Crippen LogP contribution in [0.2, 0.25) is 0 Å². The van der Waals surface area contributed by atoms with Crippen LogP contribution in [0.25, 0.3) is 11.0 Å². The highest BCUT2D eigenvalue weighted by Crippen LogP contribution is 2.08. The van der Waals surface area contributed by atoms with Crippen LogP contribution in [0.15, 0.2) is 24.3 Å². The highest BCUT2D eigenvalue weighted by molar-refractivity contribution is 6.17. The first-order chi connectivity index (χ1) is 5.29. The molecule has 0 radical (unpaired) electrons. The van der Waals surface area contributed by atoms with Gasteiger partial charge in [0.05, 0.1) is 0 Å². The van der Waals surface area contributed by atoms with Crippen molar-refractivity contribution >= 4 is 22.8 Å². The molecule has 0 saturated carbocycles. The van der Waals surface area contributed by atoms with Crippen molar-refractivity contribution in [1.82, 2.24) is 9.41 Å². The standard InChI is InChI=1S/C6H4ClN3O/c7-9-5-3-1-2-4-6(5)10(11)8-9/h1-4H. The van der Waals surface area contributed by atoms with E-state index in [9.17, 15) is 5.21 Å². The predicted molar refractivity (Wildman–Crippen MR) is 39.9 cm³/mol. The van der Waals surface area contributed by atoms with Crippen molar-refractivity contribution in [2.45, 2.75) is 0 Å². The molecule has 0 atom stereocenters. The lowest BCUT2D eigenvalue weighted by molar-refractivity contribution is -0.645. The van der Waals surface area contributed by atoms with Gasteiger partial charge in [-0.3, -0.25) is 0 Å². The number of rotatable bonds is 0. The second-order valence-corrected chi connectivity index (χ2v) is 2.43. The number of benzene rings is 1. The van der Waals surface area contributed by atoms with Crippen LogP contribution in [0, 0.1) is 5.21 Å². The second-order valence-electron chi connectivity index (χ2n) is 2.11. The molecule has 1 aromatic carbocycles. The van der Waals surface area contributed by atoms with Gasteiger partial charge >= 0.3 is 0 Å². The summed E-state index contributed by atoms with van der Waals surface area (Å²) in [4.78, 5) is 0.488. The Labute approximate surface area is 67.3 Å². The molecule has 5 heteroatoms. The molecule has 0 aliphatic rings. The average Bonchev–Trinajstić information content (AvgIpc) is 2.30. The number of nitrogens with zero attached hydrogens (tertiary/aromatic N) is 3. The largest absolute Gasteiger partial charge is 0.691 e. The fourth-order valence-electron chi connectivity index (χ4n) is 0.950. The van der Waals surface area contributed by atoms with Crippen molar-refractivity contribution in [3.8, 4) is 0 Å². The fourth-order valence-corrected chi connectivity index (χ4v) is 1.15. The van der Waals surface area contributed by atoms with Crippen molar-refractivity contribution in [3.05, 3.63) is 29.5 Å². The van der Waals surface area contributed by atoms with E-state index < -0.39 is 0 Å². The predicted octanol–water partition coefficient (Wildman–Crippen LogP) is 0.672. The summed E-state index contributed by atoms with van der Waals surface area (Å²) in [5.74, 6) is 0. The molecular weight excluding hydrogens is 166 g/mol. The van der Waals surface area contributed by atoms with Gasteiger partial charge in [-0.25, -0.2) is 0 Å². The van der Waals surface area contributed by atoms with E-state index in [4.69, 9.17) is 11.8 Å². The summed E-state index contributed by atoms with van der Waals surface area (Å²) in [5, 5.41) is 14.3. The van der Waals surface area contributed by atoms with Gasteiger partial charge in [-0.15, -0.1) is 4.85 Å². The zero-order chi connectivity index (χ0) is 7.84. The van der Waals surface area contributed by atoms with E-state index in [0.29, 0.717) is 15.9 Å². The van der Waals surface area contributed by atoms with E-state index in [0.717, 1.165) is 4.20 Å². The van der Waals surface area contributed by atoms with Gasteiger partial charge < -0.3 is 5.21 Å². The van der Waals surface area contributed by atoms with E-state index in [1.807, 2.05) is 0 Å². The molecular formula is C6H4ClN3O. The summed E-state index contributed by atoms with van der Waals surface area (Å²) in [7, 11) is 0. The Bertz CT molecular complexity index is 362. The van der Waals surface area contributed by atoms with Gasteiger partial charge in [0.25, 0.3) is 0 Å². The van der Waals surface area contributed by atoms with Crippen molar-refractivity contribution in [2.75, 3.05) is 0 Å². The van der Waals surface area contributed by atoms with Crippen LogP contribution in [0.1, 0.15) is 0 Å². The second kappa shape index (κ2) is 2.10. The third kappa shape index (κ3) is 0.832. The molecule has 1 heterocycles. The Balaban J connectivity index is 2.95. The van der Waals surface area contributed by atoms with Gasteiger partial charge in [-0.05, 0) is 16.3 Å². The lowest BCUT2D eigenvalue weighted by Crippen LogP contribution is -2.28. The number of fused-ring (bicyclic) bond motifs is 1. The van der Waals surface area contributed by atoms with E-state index in [-0.39, 0.29) is 0 Å². The number of hydrogen-bond acceptors (Lipinski definition) is 2. The third-order valence-corrected chi connectivity index (χ3v) is 1.70. The Morgan fingerprint density at radius 2 is 2.18 bits per heavy atom. The molecule has 0 aliphatic heterocycles. The van der Waals surface area contributed by atoms with Crippen LogP contribution in [0.5, 0.6) is 0 Å². The quantitative estimate of drug-likeness (QED) is 0.430. The maximum Gasteiger partial charge on any atom is 0.221 e. The molecule has 11 heavy (non-hydrogen) atoms. The topological polar surface area (TPSA) is 44.8 Å². The lowest BCUT2D eigenvalue weighted by Gasteiger charge is -1.88. The van der Waals surface area contributed by atoms with Crippen molar-refractivity contribution in [3.63, 3.8) is 0 Å². The van der Waals surface area contributed by atoms with Gasteiger partial charge in [0.1, 0.15) is 5.21 Å². The molecule has 2 rings (SSSR count). The molecule has 56 valence electrons. The van der Waals surface area contributed by atoms with Crippen molar-refractivity contribution in [2.24, 2.45) is 0 Å². The summed E-state index contributed by atoms with van der Waals surface area (Å²) < 4.78 is 1.03. The maximum absolute atomic E-state index is 10.9. The SMILES string of the molecule is [O-][n+]1nn(Cl)c2ccccc21. The summed E-state index contributed by atoms with van der Waals surface area (Å²) in [5.41, 5.74) is 1.09. The van der Waals surface area contributed by atoms with E-state index in [1.165, 1.54) is 0 Å². The molecule has 0 unspecified atom stereocenters. The van der Waals surface area contributed by atoms with Crippen LogP contribution >= 0.6 is 11.8 Å². The van der Waals surface area contributed by atoms with Crippen LogP contribution in [-0.4, -0.2) is 9.41 Å². The molecule has 0 bridgehead atoms. The molecule has 0 saturated heterocycles. The van der Waals surface area contributed by atoms with E-state index >= 15 is 0 Å². The maximum atomic E-state index is 10.9.